The average Bonchev–Trinajstić information content (AvgIpc) is 3.31. The van der Waals surface area contributed by atoms with E-state index in [4.69, 9.17) is 15.2 Å². The first-order chi connectivity index (χ1) is 16.7. The number of hydrogen-bond donors (Lipinski definition) is 2. The number of benzene rings is 2. The van der Waals surface area contributed by atoms with E-state index in [1.165, 1.54) is 4.90 Å². The van der Waals surface area contributed by atoms with Crippen molar-refractivity contribution in [3.63, 3.8) is 0 Å². The summed E-state index contributed by atoms with van der Waals surface area (Å²) in [6.45, 7) is 11.5. The molecule has 2 aliphatic heterocycles. The smallest absolute Gasteiger partial charge is 0.414 e. The minimum atomic E-state index is -0.932. The van der Waals surface area contributed by atoms with Gasteiger partial charge in [0, 0.05) is 13.1 Å². The van der Waals surface area contributed by atoms with Crippen LogP contribution in [0.5, 0.6) is 0 Å². The maximum Gasteiger partial charge on any atom is 0.414 e. The summed E-state index contributed by atoms with van der Waals surface area (Å²) < 4.78 is 10.7. The van der Waals surface area contributed by atoms with Crippen LogP contribution < -0.4 is 15.5 Å². The Morgan fingerprint density at radius 1 is 0.778 bits per heavy atom. The van der Waals surface area contributed by atoms with E-state index >= 15 is 0 Å². The zero-order valence-electron chi connectivity index (χ0n) is 21.6. The van der Waals surface area contributed by atoms with Gasteiger partial charge in [-0.15, -0.1) is 0 Å². The fourth-order valence-electron chi connectivity index (χ4n) is 4.04. The monoisotopic (exact) mass is 497 g/mol. The standard InChI is InChI=1S/C14H17NO4.C13H18N2O2/c1-14(2,3)19-13(18)15-8-10(12(16)17)9-6-4-5-7-11(9)15;1-13(2,3)17-12(16)15-8-10(14)9-6-4-5-7-11(9)15/h4-7,10H,8H2,1-3H3,(H,16,17);4-7,10H,8,14H2,1-3H3. The van der Waals surface area contributed by atoms with E-state index in [0.29, 0.717) is 17.8 Å². The van der Waals surface area contributed by atoms with Crippen LogP contribution in [0, 0.1) is 0 Å². The van der Waals surface area contributed by atoms with Crippen LogP contribution in [0.4, 0.5) is 21.0 Å². The Morgan fingerprint density at radius 3 is 1.67 bits per heavy atom. The lowest BCUT2D eigenvalue weighted by Gasteiger charge is -2.24. The van der Waals surface area contributed by atoms with Crippen molar-refractivity contribution in [3.05, 3.63) is 59.7 Å². The number of carboxylic acids is 1. The third kappa shape index (κ3) is 6.34. The largest absolute Gasteiger partial charge is 0.481 e. The summed E-state index contributed by atoms with van der Waals surface area (Å²) in [4.78, 5) is 38.3. The van der Waals surface area contributed by atoms with Crippen LogP contribution in [0.15, 0.2) is 48.5 Å². The van der Waals surface area contributed by atoms with Crippen LogP contribution in [-0.2, 0) is 14.3 Å². The fourth-order valence-corrected chi connectivity index (χ4v) is 4.04. The second-order valence-corrected chi connectivity index (χ2v) is 10.8. The molecule has 3 N–H and O–H groups in total. The number of carbonyl (C=O) groups excluding carboxylic acids is 2. The maximum absolute atomic E-state index is 12.1. The van der Waals surface area contributed by atoms with Crippen molar-refractivity contribution in [1.82, 2.24) is 0 Å². The van der Waals surface area contributed by atoms with Gasteiger partial charge in [-0.1, -0.05) is 36.4 Å². The number of carbonyl (C=O) groups is 3. The molecule has 0 aliphatic carbocycles. The Bertz CT molecular complexity index is 1130. The van der Waals surface area contributed by atoms with Gasteiger partial charge in [-0.3, -0.25) is 14.6 Å². The lowest BCUT2D eigenvalue weighted by atomic mass is 10.0. The van der Waals surface area contributed by atoms with Crippen LogP contribution in [0.25, 0.3) is 0 Å². The number of nitrogens with two attached hydrogens (primary N) is 1. The molecule has 0 bridgehead atoms. The van der Waals surface area contributed by atoms with Crippen LogP contribution in [0.2, 0.25) is 0 Å². The predicted molar refractivity (Wildman–Crippen MR) is 137 cm³/mol. The van der Waals surface area contributed by atoms with Gasteiger partial charge in [-0.2, -0.15) is 0 Å². The van der Waals surface area contributed by atoms with E-state index in [1.54, 1.807) is 49.9 Å². The number of amides is 2. The van der Waals surface area contributed by atoms with Gasteiger partial charge in [0.2, 0.25) is 0 Å². The van der Waals surface area contributed by atoms with Crippen LogP contribution in [0.1, 0.15) is 64.6 Å². The highest BCUT2D eigenvalue weighted by atomic mass is 16.6. The Morgan fingerprint density at radius 2 is 1.19 bits per heavy atom. The number of para-hydroxylation sites is 2. The summed E-state index contributed by atoms with van der Waals surface area (Å²) >= 11 is 0. The van der Waals surface area contributed by atoms with Crippen molar-refractivity contribution in [1.29, 1.82) is 0 Å². The van der Waals surface area contributed by atoms with Crippen molar-refractivity contribution in [2.24, 2.45) is 5.73 Å². The molecule has 2 aromatic rings. The van der Waals surface area contributed by atoms with Gasteiger partial charge in [0.15, 0.2) is 0 Å². The first kappa shape index (κ1) is 27.0. The quantitative estimate of drug-likeness (QED) is 0.565. The van der Waals surface area contributed by atoms with Gasteiger partial charge < -0.3 is 20.3 Å². The maximum atomic E-state index is 12.1. The van der Waals surface area contributed by atoms with E-state index in [2.05, 4.69) is 0 Å². The van der Waals surface area contributed by atoms with E-state index in [0.717, 1.165) is 11.3 Å². The number of ether oxygens (including phenoxy) is 2. The lowest BCUT2D eigenvalue weighted by Crippen LogP contribution is -2.36. The predicted octanol–water partition coefficient (Wildman–Crippen LogP) is 5.05. The summed E-state index contributed by atoms with van der Waals surface area (Å²) in [5.74, 6) is -1.62. The zero-order valence-corrected chi connectivity index (χ0v) is 21.6. The topological polar surface area (TPSA) is 122 Å². The van der Waals surface area contributed by atoms with E-state index in [9.17, 15) is 19.5 Å². The van der Waals surface area contributed by atoms with Crippen molar-refractivity contribution in [3.8, 4) is 0 Å². The summed E-state index contributed by atoms with van der Waals surface area (Å²) in [7, 11) is 0. The summed E-state index contributed by atoms with van der Waals surface area (Å²) in [6, 6.07) is 14.6. The highest BCUT2D eigenvalue weighted by molar-refractivity contribution is 5.95. The molecular formula is C27H35N3O6. The molecule has 2 heterocycles. The number of carboxylic acid groups (broad SMARTS) is 1. The molecule has 0 saturated heterocycles. The number of rotatable bonds is 1. The van der Waals surface area contributed by atoms with Gasteiger partial charge in [0.25, 0.3) is 0 Å². The molecule has 36 heavy (non-hydrogen) atoms. The number of fused-ring (bicyclic) bond motifs is 2. The Hall–Kier alpha value is -3.59. The van der Waals surface area contributed by atoms with Gasteiger partial charge >= 0.3 is 18.2 Å². The van der Waals surface area contributed by atoms with Gasteiger partial charge in [0.05, 0.1) is 17.4 Å². The Labute approximate surface area is 211 Å². The Balaban J connectivity index is 0.000000202. The molecule has 0 radical (unpaired) electrons. The summed E-state index contributed by atoms with van der Waals surface area (Å²) in [5, 5.41) is 9.21. The zero-order chi connectivity index (χ0) is 26.8. The molecule has 2 aromatic carbocycles. The van der Waals surface area contributed by atoms with Crippen molar-refractivity contribution in [2.45, 2.75) is 64.7 Å². The normalized spacial score (nSPS) is 18.5. The fraction of sp³-hybridized carbons (Fsp3) is 0.444. The molecule has 2 atom stereocenters. The second kappa shape index (κ2) is 10.2. The minimum Gasteiger partial charge on any atom is -0.481 e. The molecule has 0 fully saturated rings. The number of aliphatic carboxylic acids is 1. The molecule has 9 nitrogen and oxygen atoms in total. The third-order valence-electron chi connectivity index (χ3n) is 5.50. The van der Waals surface area contributed by atoms with E-state index in [1.807, 2.05) is 45.0 Å². The van der Waals surface area contributed by atoms with Crippen LogP contribution in [-0.4, -0.2) is 47.6 Å². The van der Waals surface area contributed by atoms with Crippen molar-refractivity contribution in [2.75, 3.05) is 22.9 Å². The highest BCUT2D eigenvalue weighted by Crippen LogP contribution is 2.37. The molecule has 0 spiro atoms. The third-order valence-corrected chi connectivity index (χ3v) is 5.50. The van der Waals surface area contributed by atoms with Gasteiger partial charge in [-0.25, -0.2) is 9.59 Å². The highest BCUT2D eigenvalue weighted by Gasteiger charge is 2.38. The van der Waals surface area contributed by atoms with Crippen LogP contribution >= 0.6 is 0 Å². The first-order valence-electron chi connectivity index (χ1n) is 11.8. The van der Waals surface area contributed by atoms with Crippen LogP contribution in [0.3, 0.4) is 0 Å². The lowest BCUT2D eigenvalue weighted by molar-refractivity contribution is -0.138. The van der Waals surface area contributed by atoms with Gasteiger partial charge in [-0.05, 0) is 64.8 Å². The molecule has 194 valence electrons. The molecule has 2 aliphatic rings. The molecule has 2 unspecified atom stereocenters. The molecule has 0 aromatic heterocycles. The Kier molecular flexibility index (Phi) is 7.64. The molecule has 0 saturated carbocycles. The minimum absolute atomic E-state index is 0.115. The molecule has 4 rings (SSSR count). The van der Waals surface area contributed by atoms with Gasteiger partial charge in [0.1, 0.15) is 17.1 Å². The van der Waals surface area contributed by atoms with E-state index in [-0.39, 0.29) is 18.7 Å². The molecular weight excluding hydrogens is 462 g/mol. The number of hydrogen-bond acceptors (Lipinski definition) is 6. The van der Waals surface area contributed by atoms with E-state index < -0.39 is 29.2 Å². The SMILES string of the molecule is CC(C)(C)OC(=O)N1CC(C(=O)O)c2ccccc21.CC(C)(C)OC(=O)N1CC(N)c2ccccc21. The van der Waals surface area contributed by atoms with Crippen molar-refractivity contribution < 1.29 is 29.0 Å². The molecule has 9 heteroatoms. The number of nitrogens with zero attached hydrogens (tertiary/aromatic N) is 2. The molecule has 2 amide bonds. The number of anilines is 2. The second-order valence-electron chi connectivity index (χ2n) is 10.8. The first-order valence-corrected chi connectivity index (χ1v) is 11.8. The average molecular weight is 498 g/mol. The van der Waals surface area contributed by atoms with Crippen molar-refractivity contribution >= 4 is 29.5 Å². The summed E-state index contributed by atoms with van der Waals surface area (Å²) in [6.07, 6.45) is -0.846. The summed E-state index contributed by atoms with van der Waals surface area (Å²) in [5.41, 5.74) is 8.02.